The van der Waals surface area contributed by atoms with Crippen molar-refractivity contribution in [3.8, 4) is 5.75 Å². The maximum Gasteiger partial charge on any atom is 0.328 e. The van der Waals surface area contributed by atoms with Gasteiger partial charge < -0.3 is 68.8 Å². The summed E-state index contributed by atoms with van der Waals surface area (Å²) in [4.78, 5) is 109. The molecule has 0 aliphatic carbocycles. The quantitative estimate of drug-likeness (QED) is 0.0315. The summed E-state index contributed by atoms with van der Waals surface area (Å²) in [6, 6.07) is 11.9. The number of benzene rings is 3. The molecule has 1 aromatic heterocycles. The number of primary amides is 1. The highest BCUT2D eigenvalue weighted by Crippen LogP contribution is 2.20. The summed E-state index contributed by atoms with van der Waals surface area (Å²) in [5.74, 6) is -7.55. The second-order valence-electron chi connectivity index (χ2n) is 15.6. The van der Waals surface area contributed by atoms with Crippen molar-refractivity contribution < 1.29 is 58.8 Å². The molecule has 4 rings (SSSR count). The number of thioether (sulfide) groups is 1. The molecular weight excluding hydrogens is 891 g/mol. The predicted molar refractivity (Wildman–Crippen MR) is 247 cm³/mol. The van der Waals surface area contributed by atoms with Crippen LogP contribution in [0.3, 0.4) is 0 Å². The number of aliphatic carboxylic acids is 1. The van der Waals surface area contributed by atoms with E-state index >= 15 is 0 Å². The normalized spacial score (nSPS) is 14.2. The van der Waals surface area contributed by atoms with Gasteiger partial charge in [0.1, 0.15) is 42.0 Å². The number of hydrogen-bond donors (Lipinski definition) is 13. The molecule has 67 heavy (non-hydrogen) atoms. The number of aromatic nitrogens is 1. The average molecular weight is 948 g/mol. The monoisotopic (exact) mass is 947 g/mol. The number of carbonyl (C=O) groups is 8. The van der Waals surface area contributed by atoms with Crippen molar-refractivity contribution in [3.05, 3.63) is 102 Å². The largest absolute Gasteiger partial charge is 0.508 e. The molecule has 22 heteroatoms. The SMILES string of the molecule is CSCC[C@H](NC(=O)[C@H](Cc1ccc(O)cc1)NC(=O)[C@@H](N)Cc1ccccc1)C(=O)N[C@@H](Cc1c[nH]c2ccccc12)C(=O)N[C@@H](CCC(N)=O)C(=O)N[C@@H](CO)C(=O)N[C@@H](CO)C(=O)O. The standard InChI is InChI=1S/C45H57N9O12S/c1-67-18-17-33(50-42(62)34(20-26-11-13-28(57)14-12-26)51-39(59)30(46)19-25-7-3-2-4-8-25)41(61)52-35(21-27-22-48-31-10-6-5-9-29(27)31)43(63)49-32(15-16-38(47)58)40(60)53-36(23-55)44(64)54-37(24-56)45(65)66/h2-14,22,30,32-37,48,55-57H,15-21,23-24,46H2,1H3,(H2,47,58)(H,49,63)(H,50,62)(H,51,59)(H,52,61)(H,53,60)(H,54,64)(H,65,66)/t30-,32-,33-,34-,35-,36-,37-/m0/s1. The number of phenolic OH excluding ortho intramolecular Hbond substituents is 1. The van der Waals surface area contributed by atoms with Gasteiger partial charge in [0, 0.05) is 36.4 Å². The number of carboxylic acids is 1. The van der Waals surface area contributed by atoms with E-state index in [0.717, 1.165) is 5.56 Å². The summed E-state index contributed by atoms with van der Waals surface area (Å²) < 4.78 is 0. The molecule has 0 saturated carbocycles. The van der Waals surface area contributed by atoms with Crippen LogP contribution >= 0.6 is 11.8 Å². The molecule has 7 atom stereocenters. The summed E-state index contributed by atoms with van der Waals surface area (Å²) in [5, 5.41) is 53.9. The van der Waals surface area contributed by atoms with Crippen LogP contribution in [0.1, 0.15) is 36.0 Å². The number of aliphatic hydroxyl groups is 2. The molecule has 0 aliphatic heterocycles. The Morgan fingerprint density at radius 2 is 1.09 bits per heavy atom. The topological polar surface area (TPSA) is 357 Å². The third kappa shape index (κ3) is 16.4. The van der Waals surface area contributed by atoms with Crippen molar-refractivity contribution in [3.63, 3.8) is 0 Å². The molecule has 0 unspecified atom stereocenters. The van der Waals surface area contributed by atoms with E-state index in [1.807, 2.05) is 11.4 Å². The van der Waals surface area contributed by atoms with Crippen molar-refractivity contribution in [2.24, 2.45) is 11.5 Å². The number of carboxylic acid groups (broad SMARTS) is 1. The lowest BCUT2D eigenvalue weighted by molar-refractivity contribution is -0.143. The average Bonchev–Trinajstić information content (AvgIpc) is 3.72. The van der Waals surface area contributed by atoms with E-state index in [0.29, 0.717) is 27.8 Å². The third-order valence-electron chi connectivity index (χ3n) is 10.5. The number of aliphatic hydroxyl groups excluding tert-OH is 2. The molecule has 360 valence electrons. The number of rotatable bonds is 27. The van der Waals surface area contributed by atoms with Crippen LogP contribution < -0.4 is 43.4 Å². The highest BCUT2D eigenvalue weighted by molar-refractivity contribution is 7.98. The molecule has 0 fully saturated rings. The second kappa shape index (κ2) is 26.2. The Labute approximate surface area is 389 Å². The van der Waals surface area contributed by atoms with Gasteiger partial charge in [-0.2, -0.15) is 11.8 Å². The van der Waals surface area contributed by atoms with Gasteiger partial charge in [-0.3, -0.25) is 33.6 Å². The highest BCUT2D eigenvalue weighted by atomic mass is 32.2. The number of H-pyrrole nitrogens is 1. The molecule has 3 aromatic carbocycles. The third-order valence-corrected chi connectivity index (χ3v) is 11.2. The number of aromatic amines is 1. The molecular formula is C45H57N9O12S. The van der Waals surface area contributed by atoms with Crippen LogP contribution in [0.25, 0.3) is 10.9 Å². The summed E-state index contributed by atoms with van der Waals surface area (Å²) in [7, 11) is 0. The van der Waals surface area contributed by atoms with Crippen molar-refractivity contribution in [2.45, 2.75) is 80.8 Å². The minimum atomic E-state index is -1.77. The van der Waals surface area contributed by atoms with Crippen LogP contribution in [0.5, 0.6) is 5.75 Å². The van der Waals surface area contributed by atoms with Gasteiger partial charge in [-0.05, 0) is 66.2 Å². The summed E-state index contributed by atoms with van der Waals surface area (Å²) in [5.41, 5.74) is 14.3. The maximum atomic E-state index is 14.4. The van der Waals surface area contributed by atoms with Gasteiger partial charge in [-0.1, -0.05) is 60.7 Å². The summed E-state index contributed by atoms with van der Waals surface area (Å²) in [6.45, 7) is -2.04. The Morgan fingerprint density at radius 1 is 0.597 bits per heavy atom. The van der Waals surface area contributed by atoms with Gasteiger partial charge in [0.05, 0.1) is 19.3 Å². The summed E-state index contributed by atoms with van der Waals surface area (Å²) in [6.07, 6.45) is 2.54. The number of carbonyl (C=O) groups excluding carboxylic acids is 7. The summed E-state index contributed by atoms with van der Waals surface area (Å²) >= 11 is 1.37. The van der Waals surface area contributed by atoms with Crippen molar-refractivity contribution in [1.29, 1.82) is 0 Å². The Bertz CT molecular complexity index is 2330. The molecule has 0 saturated heterocycles. The van der Waals surface area contributed by atoms with E-state index in [1.165, 1.54) is 23.9 Å². The van der Waals surface area contributed by atoms with Gasteiger partial charge in [0.15, 0.2) is 0 Å². The van der Waals surface area contributed by atoms with Crippen LogP contribution in [0, 0.1) is 0 Å². The Kier molecular flexibility index (Phi) is 20.6. The molecule has 0 aliphatic rings. The van der Waals surface area contributed by atoms with Crippen molar-refractivity contribution in [2.75, 3.05) is 25.2 Å². The number of phenols is 1. The van der Waals surface area contributed by atoms with Crippen molar-refractivity contribution in [1.82, 2.24) is 36.9 Å². The first-order chi connectivity index (χ1) is 32.0. The van der Waals surface area contributed by atoms with Crippen LogP contribution in [0.15, 0.2) is 85.1 Å². The fourth-order valence-corrected chi connectivity index (χ4v) is 7.32. The zero-order chi connectivity index (χ0) is 49.0. The molecule has 0 bridgehead atoms. The molecule has 1 heterocycles. The lowest BCUT2D eigenvalue weighted by Crippen LogP contribution is -2.60. The van der Waals surface area contributed by atoms with Crippen LogP contribution in [-0.4, -0.2) is 140 Å². The van der Waals surface area contributed by atoms with Gasteiger partial charge in [0.2, 0.25) is 41.4 Å². The number of nitrogens with one attached hydrogen (secondary N) is 7. The molecule has 4 aromatic rings. The Morgan fingerprint density at radius 3 is 1.69 bits per heavy atom. The second-order valence-corrected chi connectivity index (χ2v) is 16.6. The molecule has 0 radical (unpaired) electrons. The van der Waals surface area contributed by atoms with Crippen LogP contribution in [0.2, 0.25) is 0 Å². The number of para-hydroxylation sites is 1. The Balaban J connectivity index is 1.62. The van der Waals surface area contributed by atoms with E-state index in [-0.39, 0.29) is 31.4 Å². The first-order valence-corrected chi connectivity index (χ1v) is 22.6. The molecule has 21 nitrogen and oxygen atoms in total. The van der Waals surface area contributed by atoms with Crippen LogP contribution in [0.4, 0.5) is 0 Å². The zero-order valence-corrected chi connectivity index (χ0v) is 37.4. The lowest BCUT2D eigenvalue weighted by atomic mass is 10.0. The fraction of sp³-hybridized carbons (Fsp3) is 0.378. The van der Waals surface area contributed by atoms with E-state index in [2.05, 4.69) is 31.6 Å². The van der Waals surface area contributed by atoms with Crippen LogP contribution in [-0.2, 0) is 57.6 Å². The van der Waals surface area contributed by atoms with Gasteiger partial charge in [-0.25, -0.2) is 4.79 Å². The van der Waals surface area contributed by atoms with Gasteiger partial charge in [-0.15, -0.1) is 0 Å². The van der Waals surface area contributed by atoms with E-state index in [9.17, 15) is 58.8 Å². The minimum Gasteiger partial charge on any atom is -0.508 e. The number of hydrogen-bond acceptors (Lipinski definition) is 13. The number of aromatic hydroxyl groups is 1. The van der Waals surface area contributed by atoms with E-state index < -0.39 is 116 Å². The van der Waals surface area contributed by atoms with Crippen molar-refractivity contribution >= 4 is 70.0 Å². The number of fused-ring (bicyclic) bond motifs is 1. The van der Waals surface area contributed by atoms with E-state index in [4.69, 9.17) is 11.5 Å². The zero-order valence-electron chi connectivity index (χ0n) is 36.6. The molecule has 7 amide bonds. The predicted octanol–water partition coefficient (Wildman–Crippen LogP) is -1.77. The number of amides is 7. The smallest absolute Gasteiger partial charge is 0.328 e. The minimum absolute atomic E-state index is 0.0230. The van der Waals surface area contributed by atoms with E-state index in [1.54, 1.807) is 73.1 Å². The first kappa shape index (κ1) is 52.6. The molecule has 0 spiro atoms. The van der Waals surface area contributed by atoms with Gasteiger partial charge in [0.25, 0.3) is 0 Å². The highest BCUT2D eigenvalue weighted by Gasteiger charge is 2.34. The molecule has 15 N–H and O–H groups in total. The fourth-order valence-electron chi connectivity index (χ4n) is 6.85. The van der Waals surface area contributed by atoms with Gasteiger partial charge >= 0.3 is 5.97 Å². The first-order valence-electron chi connectivity index (χ1n) is 21.2. The lowest BCUT2D eigenvalue weighted by Gasteiger charge is -2.27. The maximum absolute atomic E-state index is 14.4. The number of nitrogens with two attached hydrogens (primary N) is 2. The Hall–Kier alpha value is -7.01.